The van der Waals surface area contributed by atoms with Gasteiger partial charge in [0.2, 0.25) is 0 Å². The zero-order valence-corrected chi connectivity index (χ0v) is 13.0. The van der Waals surface area contributed by atoms with Crippen LogP contribution in [0.15, 0.2) is 16.6 Å². The Kier molecular flexibility index (Phi) is 4.81. The van der Waals surface area contributed by atoms with Gasteiger partial charge in [0.05, 0.1) is 10.6 Å². The maximum absolute atomic E-state index is 13.4. The molecule has 0 aromatic heterocycles. The minimum Gasteiger partial charge on any atom is -0.336 e. The molecule has 0 atom stereocenters. The Hall–Kier alpha value is -0.650. The first-order valence-corrected chi connectivity index (χ1v) is 7.36. The molecule has 0 unspecified atom stereocenters. The third-order valence-corrected chi connectivity index (χ3v) is 4.59. The molecule has 104 valence electrons. The molecule has 1 fully saturated rings. The van der Waals surface area contributed by atoms with Gasteiger partial charge >= 0.3 is 0 Å². The average Bonchev–Trinajstić information content (AvgIpc) is 2.42. The predicted octanol–water partition coefficient (Wildman–Crippen LogP) is 3.02. The lowest BCUT2D eigenvalue weighted by atomic mass is 10.1. The lowest BCUT2D eigenvalue weighted by molar-refractivity contribution is 0.0643. The van der Waals surface area contributed by atoms with E-state index in [0.717, 1.165) is 19.6 Å². The minimum atomic E-state index is -0.466. The molecular weight excluding hydrogens is 335 g/mol. The monoisotopic (exact) mass is 348 g/mol. The number of hydrogen-bond donors (Lipinski definition) is 0. The van der Waals surface area contributed by atoms with Gasteiger partial charge in [-0.1, -0.05) is 18.5 Å². The summed E-state index contributed by atoms with van der Waals surface area (Å²) in [6, 6.07) is 2.45. The summed E-state index contributed by atoms with van der Waals surface area (Å²) in [6.07, 6.45) is 0. The van der Waals surface area contributed by atoms with Gasteiger partial charge in [-0.3, -0.25) is 4.79 Å². The van der Waals surface area contributed by atoms with Crippen molar-refractivity contribution in [3.63, 3.8) is 0 Å². The lowest BCUT2D eigenvalue weighted by Gasteiger charge is -2.34. The second-order valence-corrected chi connectivity index (χ2v) is 5.71. The second kappa shape index (κ2) is 6.20. The Morgan fingerprint density at radius 3 is 2.58 bits per heavy atom. The molecule has 6 heteroatoms. The van der Waals surface area contributed by atoms with Crippen molar-refractivity contribution in [3.8, 4) is 0 Å². The van der Waals surface area contributed by atoms with Crippen LogP contribution in [0.2, 0.25) is 5.02 Å². The number of rotatable bonds is 2. The van der Waals surface area contributed by atoms with Crippen molar-refractivity contribution in [3.05, 3.63) is 33.0 Å². The number of nitrogens with zero attached hydrogens (tertiary/aromatic N) is 2. The standard InChI is InChI=1S/C13H15BrClFN2O/c1-2-17-3-5-18(6-4-17)13(19)10-7-9(16)8-11(14)12(10)15/h7-8H,2-6H2,1H3. The normalized spacial score (nSPS) is 16.7. The van der Waals surface area contributed by atoms with Gasteiger partial charge in [0, 0.05) is 30.7 Å². The third kappa shape index (κ3) is 3.27. The van der Waals surface area contributed by atoms with Gasteiger partial charge in [-0.2, -0.15) is 0 Å². The summed E-state index contributed by atoms with van der Waals surface area (Å²) in [7, 11) is 0. The van der Waals surface area contributed by atoms with Crippen molar-refractivity contribution >= 4 is 33.4 Å². The number of carbonyl (C=O) groups is 1. The van der Waals surface area contributed by atoms with Crippen LogP contribution in [-0.2, 0) is 0 Å². The summed E-state index contributed by atoms with van der Waals surface area (Å²) in [5.41, 5.74) is 0.221. The van der Waals surface area contributed by atoms with Crippen LogP contribution >= 0.6 is 27.5 Å². The van der Waals surface area contributed by atoms with E-state index in [-0.39, 0.29) is 16.5 Å². The first-order valence-electron chi connectivity index (χ1n) is 6.19. The van der Waals surface area contributed by atoms with Crippen LogP contribution in [0.25, 0.3) is 0 Å². The van der Waals surface area contributed by atoms with Crippen molar-refractivity contribution in [2.24, 2.45) is 0 Å². The van der Waals surface area contributed by atoms with E-state index < -0.39 is 5.82 Å². The van der Waals surface area contributed by atoms with E-state index in [1.807, 2.05) is 0 Å². The predicted molar refractivity (Wildman–Crippen MR) is 77.1 cm³/mol. The summed E-state index contributed by atoms with van der Waals surface area (Å²) in [5.74, 6) is -0.673. The molecule has 0 saturated carbocycles. The molecule has 19 heavy (non-hydrogen) atoms. The molecule has 1 aliphatic rings. The van der Waals surface area contributed by atoms with Gasteiger partial charge < -0.3 is 9.80 Å². The maximum atomic E-state index is 13.4. The molecule has 0 bridgehead atoms. The van der Waals surface area contributed by atoms with Gasteiger partial charge in [-0.25, -0.2) is 4.39 Å². The first-order chi connectivity index (χ1) is 9.02. The molecule has 0 radical (unpaired) electrons. The Morgan fingerprint density at radius 1 is 1.37 bits per heavy atom. The Morgan fingerprint density at radius 2 is 2.00 bits per heavy atom. The van der Waals surface area contributed by atoms with E-state index in [2.05, 4.69) is 27.8 Å². The summed E-state index contributed by atoms with van der Waals surface area (Å²) >= 11 is 9.22. The van der Waals surface area contributed by atoms with Gasteiger partial charge in [-0.05, 0) is 34.6 Å². The highest BCUT2D eigenvalue weighted by Gasteiger charge is 2.24. The zero-order chi connectivity index (χ0) is 14.0. The minimum absolute atomic E-state index is 0.207. The smallest absolute Gasteiger partial charge is 0.255 e. The lowest BCUT2D eigenvalue weighted by Crippen LogP contribution is -2.48. The number of likely N-dealkylation sites (N-methyl/N-ethyl adjacent to an activating group) is 1. The Balaban J connectivity index is 2.17. The van der Waals surface area contributed by atoms with Gasteiger partial charge in [-0.15, -0.1) is 0 Å². The molecular formula is C13H15BrClFN2O. The quantitative estimate of drug-likeness (QED) is 0.766. The van der Waals surface area contributed by atoms with Gasteiger partial charge in [0.25, 0.3) is 5.91 Å². The number of benzene rings is 1. The van der Waals surface area contributed by atoms with Crippen molar-refractivity contribution in [2.45, 2.75) is 6.92 Å². The van der Waals surface area contributed by atoms with Gasteiger partial charge in [0.1, 0.15) is 5.82 Å². The van der Waals surface area contributed by atoms with Gasteiger partial charge in [0.15, 0.2) is 0 Å². The summed E-state index contributed by atoms with van der Waals surface area (Å²) in [4.78, 5) is 16.3. The highest BCUT2D eigenvalue weighted by molar-refractivity contribution is 9.10. The summed E-state index contributed by atoms with van der Waals surface area (Å²) in [6.45, 7) is 6.06. The molecule has 1 amide bonds. The molecule has 1 aromatic carbocycles. The van der Waals surface area contributed by atoms with Crippen LogP contribution in [0.3, 0.4) is 0 Å². The first kappa shape index (κ1) is 14.8. The molecule has 0 N–H and O–H groups in total. The molecule has 3 nitrogen and oxygen atoms in total. The van der Waals surface area contributed by atoms with Crippen LogP contribution in [0, 0.1) is 5.82 Å². The SMILES string of the molecule is CCN1CCN(C(=O)c2cc(F)cc(Br)c2Cl)CC1. The molecule has 1 heterocycles. The fraction of sp³-hybridized carbons (Fsp3) is 0.462. The van der Waals surface area contributed by atoms with Crippen LogP contribution in [-0.4, -0.2) is 48.4 Å². The van der Waals surface area contributed by atoms with Crippen molar-refractivity contribution in [1.82, 2.24) is 9.80 Å². The molecule has 0 spiro atoms. The third-order valence-electron chi connectivity index (χ3n) is 3.33. The fourth-order valence-corrected chi connectivity index (χ4v) is 2.77. The summed E-state index contributed by atoms with van der Waals surface area (Å²) in [5, 5.41) is 0.268. The Labute approximate surface area is 125 Å². The van der Waals surface area contributed by atoms with Crippen LogP contribution < -0.4 is 0 Å². The average molecular weight is 350 g/mol. The van der Waals surface area contributed by atoms with Crippen LogP contribution in [0.1, 0.15) is 17.3 Å². The summed E-state index contributed by atoms with van der Waals surface area (Å²) < 4.78 is 13.8. The van der Waals surface area contributed by atoms with E-state index in [0.29, 0.717) is 17.6 Å². The van der Waals surface area contributed by atoms with Crippen molar-refractivity contribution in [2.75, 3.05) is 32.7 Å². The van der Waals surface area contributed by atoms with Crippen molar-refractivity contribution in [1.29, 1.82) is 0 Å². The van der Waals surface area contributed by atoms with Crippen LogP contribution in [0.4, 0.5) is 4.39 Å². The highest BCUT2D eigenvalue weighted by Crippen LogP contribution is 2.28. The number of halogens is 3. The molecule has 1 aromatic rings. The van der Waals surface area contributed by atoms with Crippen molar-refractivity contribution < 1.29 is 9.18 Å². The van der Waals surface area contributed by atoms with E-state index in [1.54, 1.807) is 4.90 Å². The highest BCUT2D eigenvalue weighted by atomic mass is 79.9. The second-order valence-electron chi connectivity index (χ2n) is 4.48. The van der Waals surface area contributed by atoms with E-state index in [9.17, 15) is 9.18 Å². The Bertz CT molecular complexity index is 490. The molecule has 0 aliphatic carbocycles. The maximum Gasteiger partial charge on any atom is 0.255 e. The fourth-order valence-electron chi connectivity index (χ4n) is 2.15. The molecule has 1 saturated heterocycles. The van der Waals surface area contributed by atoms with Crippen LogP contribution in [0.5, 0.6) is 0 Å². The van der Waals surface area contributed by atoms with E-state index in [1.165, 1.54) is 12.1 Å². The number of carbonyl (C=O) groups excluding carboxylic acids is 1. The van der Waals surface area contributed by atoms with E-state index in [4.69, 9.17) is 11.6 Å². The van der Waals surface area contributed by atoms with E-state index >= 15 is 0 Å². The number of hydrogen-bond acceptors (Lipinski definition) is 2. The number of piperazine rings is 1. The number of amides is 1. The largest absolute Gasteiger partial charge is 0.336 e. The molecule has 2 rings (SSSR count). The molecule has 1 aliphatic heterocycles. The topological polar surface area (TPSA) is 23.6 Å². The zero-order valence-electron chi connectivity index (χ0n) is 10.6.